The molecular formula is C16H9F4N3. The van der Waals surface area contributed by atoms with Gasteiger partial charge < -0.3 is 4.57 Å². The van der Waals surface area contributed by atoms with Crippen LogP contribution in [0.15, 0.2) is 42.5 Å². The first kappa shape index (κ1) is 15.0. The molecule has 0 N–H and O–H groups in total. The number of benzene rings is 2. The molecule has 1 heterocycles. The number of halogens is 4. The minimum atomic E-state index is -4.66. The fourth-order valence-electron chi connectivity index (χ4n) is 2.39. The van der Waals surface area contributed by atoms with Gasteiger partial charge in [-0.15, -0.1) is 0 Å². The molecule has 0 radical (unpaired) electrons. The summed E-state index contributed by atoms with van der Waals surface area (Å²) in [6.07, 6.45) is -4.66. The summed E-state index contributed by atoms with van der Waals surface area (Å²) in [5, 5.41) is 8.86. The van der Waals surface area contributed by atoms with Gasteiger partial charge in [-0.25, -0.2) is 9.37 Å². The van der Waals surface area contributed by atoms with Crippen molar-refractivity contribution in [3.05, 3.63) is 65.2 Å². The fraction of sp³-hybridized carbons (Fsp3) is 0.125. The van der Waals surface area contributed by atoms with Gasteiger partial charge in [0.25, 0.3) is 0 Å². The first-order valence-corrected chi connectivity index (χ1v) is 6.61. The maximum atomic E-state index is 13.9. The van der Waals surface area contributed by atoms with E-state index in [1.807, 2.05) is 6.07 Å². The summed E-state index contributed by atoms with van der Waals surface area (Å²) >= 11 is 0. The van der Waals surface area contributed by atoms with E-state index in [9.17, 15) is 17.6 Å². The van der Waals surface area contributed by atoms with Crippen molar-refractivity contribution in [3.8, 4) is 6.07 Å². The summed E-state index contributed by atoms with van der Waals surface area (Å²) in [4.78, 5) is 3.60. The molecule has 0 saturated heterocycles. The molecule has 3 nitrogen and oxygen atoms in total. The third-order valence-corrected chi connectivity index (χ3v) is 3.41. The Balaban J connectivity index is 2.18. The number of hydrogen-bond donors (Lipinski definition) is 0. The number of fused-ring (bicyclic) bond motifs is 1. The van der Waals surface area contributed by atoms with Gasteiger partial charge in [0.15, 0.2) is 0 Å². The van der Waals surface area contributed by atoms with Gasteiger partial charge in [0, 0.05) is 5.56 Å². The van der Waals surface area contributed by atoms with E-state index in [2.05, 4.69) is 4.98 Å². The highest BCUT2D eigenvalue weighted by atomic mass is 19.4. The third-order valence-electron chi connectivity index (χ3n) is 3.41. The van der Waals surface area contributed by atoms with Crippen LogP contribution < -0.4 is 0 Å². The number of aromatic nitrogens is 2. The molecule has 0 atom stereocenters. The highest BCUT2D eigenvalue weighted by molar-refractivity contribution is 5.76. The van der Waals surface area contributed by atoms with Gasteiger partial charge in [-0.1, -0.05) is 12.1 Å². The Kier molecular flexibility index (Phi) is 3.52. The number of nitriles is 1. The van der Waals surface area contributed by atoms with Crippen molar-refractivity contribution in [2.45, 2.75) is 12.7 Å². The van der Waals surface area contributed by atoms with Crippen molar-refractivity contribution in [2.24, 2.45) is 0 Å². The fourth-order valence-corrected chi connectivity index (χ4v) is 2.39. The molecule has 0 aliphatic carbocycles. The molecule has 0 aliphatic rings. The number of para-hydroxylation sites is 2. The molecule has 0 spiro atoms. The average molecular weight is 319 g/mol. The van der Waals surface area contributed by atoms with E-state index >= 15 is 0 Å². The van der Waals surface area contributed by atoms with Crippen molar-refractivity contribution in [2.75, 3.05) is 0 Å². The number of rotatable bonds is 2. The summed E-state index contributed by atoms with van der Waals surface area (Å²) in [6.45, 7) is -0.364. The normalized spacial score (nSPS) is 11.6. The van der Waals surface area contributed by atoms with E-state index in [4.69, 9.17) is 5.26 Å². The van der Waals surface area contributed by atoms with Crippen LogP contribution in [0.4, 0.5) is 17.6 Å². The predicted molar refractivity (Wildman–Crippen MR) is 75.0 cm³/mol. The van der Waals surface area contributed by atoms with Gasteiger partial charge >= 0.3 is 6.18 Å². The maximum absolute atomic E-state index is 13.9. The van der Waals surface area contributed by atoms with E-state index in [1.54, 1.807) is 12.1 Å². The highest BCUT2D eigenvalue weighted by Crippen LogP contribution is 2.32. The molecule has 3 aromatic rings. The smallest absolute Gasteiger partial charge is 0.316 e. The largest absolute Gasteiger partial charge is 0.449 e. The molecular weight excluding hydrogens is 310 g/mol. The summed E-state index contributed by atoms with van der Waals surface area (Å²) in [5.74, 6) is -1.77. The minimum Gasteiger partial charge on any atom is -0.316 e. The molecule has 3 rings (SSSR count). The zero-order chi connectivity index (χ0) is 16.6. The van der Waals surface area contributed by atoms with Crippen molar-refractivity contribution >= 4 is 11.0 Å². The van der Waals surface area contributed by atoms with E-state index in [-0.39, 0.29) is 28.7 Å². The van der Waals surface area contributed by atoms with Crippen LogP contribution in [0, 0.1) is 17.1 Å². The van der Waals surface area contributed by atoms with Gasteiger partial charge in [-0.3, -0.25) is 0 Å². The van der Waals surface area contributed by atoms with Gasteiger partial charge in [0.05, 0.1) is 29.2 Å². The first-order chi connectivity index (χ1) is 10.9. The lowest BCUT2D eigenvalue weighted by Crippen LogP contribution is -2.16. The lowest BCUT2D eigenvalue weighted by molar-refractivity contribution is -0.146. The molecule has 0 amide bonds. The second kappa shape index (κ2) is 5.39. The average Bonchev–Trinajstić information content (AvgIpc) is 2.88. The number of hydrogen-bond acceptors (Lipinski definition) is 2. The van der Waals surface area contributed by atoms with Gasteiger partial charge in [0.1, 0.15) is 5.82 Å². The summed E-state index contributed by atoms with van der Waals surface area (Å²) in [5.41, 5.74) is 0.607. The van der Waals surface area contributed by atoms with Crippen LogP contribution in [-0.4, -0.2) is 9.55 Å². The zero-order valence-electron chi connectivity index (χ0n) is 11.6. The topological polar surface area (TPSA) is 41.6 Å². The second-order valence-corrected chi connectivity index (χ2v) is 4.93. The summed E-state index contributed by atoms with van der Waals surface area (Å²) < 4.78 is 54.4. The van der Waals surface area contributed by atoms with Crippen LogP contribution >= 0.6 is 0 Å². The molecule has 116 valence electrons. The second-order valence-electron chi connectivity index (χ2n) is 4.93. The SMILES string of the molecule is N#Cc1ccc(F)c(Cn2c(C(F)(F)F)nc3ccccc32)c1. The number of imidazole rings is 1. The van der Waals surface area contributed by atoms with Crippen LogP contribution in [-0.2, 0) is 12.7 Å². The Hall–Kier alpha value is -2.88. The number of nitrogens with zero attached hydrogens (tertiary/aromatic N) is 3. The van der Waals surface area contributed by atoms with Crippen molar-refractivity contribution < 1.29 is 17.6 Å². The minimum absolute atomic E-state index is 0.00213. The Labute approximate surface area is 128 Å². The van der Waals surface area contributed by atoms with E-state index in [0.717, 1.165) is 10.6 Å². The van der Waals surface area contributed by atoms with Crippen LogP contribution in [0.5, 0.6) is 0 Å². The molecule has 0 aliphatic heterocycles. The molecule has 23 heavy (non-hydrogen) atoms. The molecule has 0 bridgehead atoms. The van der Waals surface area contributed by atoms with Crippen molar-refractivity contribution in [1.29, 1.82) is 5.26 Å². The lowest BCUT2D eigenvalue weighted by Gasteiger charge is -2.12. The molecule has 7 heteroatoms. The van der Waals surface area contributed by atoms with E-state index in [1.165, 1.54) is 24.3 Å². The molecule has 0 unspecified atom stereocenters. The lowest BCUT2D eigenvalue weighted by atomic mass is 10.1. The van der Waals surface area contributed by atoms with Gasteiger partial charge in [0.2, 0.25) is 5.82 Å². The quantitative estimate of drug-likeness (QED) is 0.667. The van der Waals surface area contributed by atoms with Gasteiger partial charge in [-0.05, 0) is 30.3 Å². The van der Waals surface area contributed by atoms with Crippen LogP contribution in [0.25, 0.3) is 11.0 Å². The summed E-state index contributed by atoms with van der Waals surface area (Å²) in [6, 6.07) is 11.5. The third kappa shape index (κ3) is 2.75. The zero-order valence-corrected chi connectivity index (χ0v) is 11.6. The van der Waals surface area contributed by atoms with Crippen LogP contribution in [0.3, 0.4) is 0 Å². The van der Waals surface area contributed by atoms with Crippen molar-refractivity contribution in [1.82, 2.24) is 9.55 Å². The standard InChI is InChI=1S/C16H9F4N3/c17-12-6-5-10(8-21)7-11(12)9-23-14-4-2-1-3-13(14)22-15(23)16(18,19)20/h1-7H,9H2. The Morgan fingerprint density at radius 3 is 2.57 bits per heavy atom. The number of alkyl halides is 3. The molecule has 1 aromatic heterocycles. The van der Waals surface area contributed by atoms with E-state index in [0.29, 0.717) is 0 Å². The van der Waals surface area contributed by atoms with Crippen molar-refractivity contribution in [3.63, 3.8) is 0 Å². The Morgan fingerprint density at radius 2 is 1.87 bits per heavy atom. The maximum Gasteiger partial charge on any atom is 0.449 e. The molecule has 0 saturated carbocycles. The molecule has 0 fully saturated rings. The Bertz CT molecular complexity index is 919. The Morgan fingerprint density at radius 1 is 1.13 bits per heavy atom. The van der Waals surface area contributed by atoms with Crippen LogP contribution in [0.2, 0.25) is 0 Å². The first-order valence-electron chi connectivity index (χ1n) is 6.61. The van der Waals surface area contributed by atoms with E-state index < -0.39 is 17.8 Å². The summed E-state index contributed by atoms with van der Waals surface area (Å²) in [7, 11) is 0. The van der Waals surface area contributed by atoms with Gasteiger partial charge in [-0.2, -0.15) is 18.4 Å². The monoisotopic (exact) mass is 319 g/mol. The highest BCUT2D eigenvalue weighted by Gasteiger charge is 2.37. The van der Waals surface area contributed by atoms with Crippen LogP contribution in [0.1, 0.15) is 17.0 Å². The predicted octanol–water partition coefficient (Wildman–Crippen LogP) is 4.11. The molecule has 2 aromatic carbocycles.